The fourth-order valence-corrected chi connectivity index (χ4v) is 0.544. The summed E-state index contributed by atoms with van der Waals surface area (Å²) in [5.74, 6) is 0.0740. The van der Waals surface area contributed by atoms with Crippen LogP contribution in [0, 0.1) is 5.92 Å². The zero-order valence-corrected chi connectivity index (χ0v) is 7.38. The maximum absolute atomic E-state index is 12.2. The van der Waals surface area contributed by atoms with Crippen molar-refractivity contribution in [2.45, 2.75) is 39.7 Å². The summed E-state index contributed by atoms with van der Waals surface area (Å²) < 4.78 is 17.1. The first-order valence-electron chi connectivity index (χ1n) is 3.97. The molecule has 0 aromatic rings. The Morgan fingerprint density at radius 2 is 1.91 bits per heavy atom. The van der Waals surface area contributed by atoms with Gasteiger partial charge in [0, 0.05) is 12.3 Å². The fourth-order valence-electron chi connectivity index (χ4n) is 0.544. The maximum atomic E-state index is 12.2. The predicted octanol–water partition coefficient (Wildman–Crippen LogP) is 1.73. The number of aliphatic hydroxyl groups excluding tert-OH is 1. The largest absolute Gasteiger partial charge is 0.368 e. The monoisotopic (exact) mass is 164 g/mol. The van der Waals surface area contributed by atoms with Gasteiger partial charge >= 0.3 is 0 Å². The van der Waals surface area contributed by atoms with E-state index in [0.29, 0.717) is 6.42 Å². The molecule has 68 valence electrons. The Hall–Kier alpha value is -0.150. The van der Waals surface area contributed by atoms with Gasteiger partial charge in [-0.05, 0) is 6.92 Å². The predicted molar refractivity (Wildman–Crippen MR) is 42.0 cm³/mol. The molecular formula is C8H17FO2. The molecule has 0 aliphatic heterocycles. The topological polar surface area (TPSA) is 29.5 Å². The van der Waals surface area contributed by atoms with E-state index in [1.54, 1.807) is 0 Å². The van der Waals surface area contributed by atoms with E-state index in [9.17, 15) is 4.39 Å². The smallest absolute Gasteiger partial charge is 0.156 e. The van der Waals surface area contributed by atoms with Crippen molar-refractivity contribution in [1.29, 1.82) is 0 Å². The molecule has 0 amide bonds. The minimum Gasteiger partial charge on any atom is -0.368 e. The molecule has 0 rings (SSSR count). The second-order valence-corrected chi connectivity index (χ2v) is 3.07. The number of halogens is 1. The zero-order valence-electron chi connectivity index (χ0n) is 7.38. The second-order valence-electron chi connectivity index (χ2n) is 3.07. The molecule has 0 fully saturated rings. The third kappa shape index (κ3) is 6.26. The Bertz CT molecular complexity index is 94.1. The molecule has 0 saturated carbocycles. The van der Waals surface area contributed by atoms with E-state index in [1.807, 2.05) is 13.8 Å². The first-order valence-corrected chi connectivity index (χ1v) is 3.97. The van der Waals surface area contributed by atoms with Crippen molar-refractivity contribution in [2.24, 2.45) is 5.92 Å². The lowest BCUT2D eigenvalue weighted by molar-refractivity contribution is -0.128. The summed E-state index contributed by atoms with van der Waals surface area (Å²) in [4.78, 5) is 0. The lowest BCUT2D eigenvalue weighted by Crippen LogP contribution is -2.20. The summed E-state index contributed by atoms with van der Waals surface area (Å²) in [5, 5.41) is 9.09. The van der Waals surface area contributed by atoms with Crippen LogP contribution in [0.2, 0.25) is 0 Å². The summed E-state index contributed by atoms with van der Waals surface area (Å²) in [6.07, 6.45) is -1.26. The van der Waals surface area contributed by atoms with Crippen LogP contribution in [0.1, 0.15) is 27.2 Å². The third-order valence-electron chi connectivity index (χ3n) is 1.37. The van der Waals surface area contributed by atoms with E-state index < -0.39 is 12.5 Å². The van der Waals surface area contributed by atoms with Gasteiger partial charge in [0.25, 0.3) is 0 Å². The van der Waals surface area contributed by atoms with Crippen LogP contribution in [-0.2, 0) is 4.74 Å². The van der Waals surface area contributed by atoms with Crippen LogP contribution >= 0.6 is 0 Å². The normalized spacial score (nSPS) is 16.9. The quantitative estimate of drug-likeness (QED) is 0.627. The Balaban J connectivity index is 3.24. The zero-order chi connectivity index (χ0) is 8.85. The highest BCUT2D eigenvalue weighted by molar-refractivity contribution is 4.49. The molecule has 0 heterocycles. The van der Waals surface area contributed by atoms with Crippen molar-refractivity contribution in [1.82, 2.24) is 0 Å². The molecule has 0 radical (unpaired) electrons. The number of ether oxygens (including phenoxy) is 1. The second kappa shape index (κ2) is 5.49. The molecule has 11 heavy (non-hydrogen) atoms. The summed E-state index contributed by atoms with van der Waals surface area (Å²) in [7, 11) is 0. The fraction of sp³-hybridized carbons (Fsp3) is 1.00. The average molecular weight is 164 g/mol. The molecule has 0 aliphatic carbocycles. The summed E-state index contributed by atoms with van der Waals surface area (Å²) in [6, 6.07) is 0. The maximum Gasteiger partial charge on any atom is 0.156 e. The van der Waals surface area contributed by atoms with Crippen LogP contribution in [0.15, 0.2) is 0 Å². The Labute approximate surface area is 67.4 Å². The van der Waals surface area contributed by atoms with Gasteiger partial charge in [0.1, 0.15) is 0 Å². The molecular weight excluding hydrogens is 147 g/mol. The molecule has 2 atom stereocenters. The molecule has 2 nitrogen and oxygen atoms in total. The summed E-state index contributed by atoms with van der Waals surface area (Å²) in [6.45, 7) is 5.47. The highest BCUT2D eigenvalue weighted by Gasteiger charge is 2.09. The molecule has 0 aliphatic rings. The molecule has 0 aromatic heterocycles. The van der Waals surface area contributed by atoms with E-state index in [4.69, 9.17) is 9.84 Å². The Morgan fingerprint density at radius 3 is 2.27 bits per heavy atom. The first-order chi connectivity index (χ1) is 5.04. The number of hydrogen-bond acceptors (Lipinski definition) is 2. The lowest BCUT2D eigenvalue weighted by Gasteiger charge is -2.15. The Kier molecular flexibility index (Phi) is 5.42. The molecule has 0 spiro atoms. The van der Waals surface area contributed by atoms with E-state index in [1.165, 1.54) is 6.92 Å². The van der Waals surface area contributed by atoms with Crippen molar-refractivity contribution in [2.75, 3.05) is 6.61 Å². The summed E-state index contributed by atoms with van der Waals surface area (Å²) in [5.41, 5.74) is 0. The number of aliphatic hydroxyl groups is 1. The lowest BCUT2D eigenvalue weighted by atomic mass is 10.2. The minimum atomic E-state index is -0.852. The van der Waals surface area contributed by atoms with Gasteiger partial charge in [-0.1, -0.05) is 13.8 Å². The van der Waals surface area contributed by atoms with Crippen LogP contribution in [0.25, 0.3) is 0 Å². The highest BCUT2D eigenvalue weighted by atomic mass is 19.1. The van der Waals surface area contributed by atoms with E-state index in [-0.39, 0.29) is 12.5 Å². The highest BCUT2D eigenvalue weighted by Crippen LogP contribution is 2.04. The van der Waals surface area contributed by atoms with Gasteiger partial charge in [-0.2, -0.15) is 0 Å². The van der Waals surface area contributed by atoms with Crippen LogP contribution in [0.4, 0.5) is 4.39 Å². The van der Waals surface area contributed by atoms with Crippen LogP contribution < -0.4 is 0 Å². The molecule has 1 N–H and O–H groups in total. The van der Waals surface area contributed by atoms with Gasteiger partial charge in [-0.3, -0.25) is 0 Å². The first kappa shape index (κ1) is 10.8. The number of hydrogen-bond donors (Lipinski definition) is 1. The van der Waals surface area contributed by atoms with Crippen molar-refractivity contribution in [3.63, 3.8) is 0 Å². The van der Waals surface area contributed by atoms with Gasteiger partial charge in [-0.25, -0.2) is 4.39 Å². The van der Waals surface area contributed by atoms with E-state index in [0.717, 1.165) is 0 Å². The molecule has 0 aromatic carbocycles. The number of rotatable bonds is 5. The van der Waals surface area contributed by atoms with Gasteiger partial charge in [0.05, 0.1) is 12.8 Å². The third-order valence-corrected chi connectivity index (χ3v) is 1.37. The van der Waals surface area contributed by atoms with Crippen LogP contribution in [0.5, 0.6) is 0 Å². The minimum absolute atomic E-state index is 0.0740. The standard InChI is InChI=1S/C8H17FO2/c1-6(2)8(10)11-5-4-7(3)9/h6-8,10H,4-5H2,1-3H3/t7?,8-/m1/s1. The van der Waals surface area contributed by atoms with Crippen molar-refractivity contribution in [3.05, 3.63) is 0 Å². The van der Waals surface area contributed by atoms with E-state index in [2.05, 4.69) is 0 Å². The average Bonchev–Trinajstić information content (AvgIpc) is 1.86. The molecule has 3 heteroatoms. The number of alkyl halides is 1. The van der Waals surface area contributed by atoms with Crippen molar-refractivity contribution >= 4 is 0 Å². The van der Waals surface area contributed by atoms with Gasteiger partial charge < -0.3 is 9.84 Å². The van der Waals surface area contributed by atoms with Gasteiger partial charge in [-0.15, -0.1) is 0 Å². The Morgan fingerprint density at radius 1 is 1.36 bits per heavy atom. The van der Waals surface area contributed by atoms with Gasteiger partial charge in [0.2, 0.25) is 0 Å². The van der Waals surface area contributed by atoms with Crippen molar-refractivity contribution in [3.8, 4) is 0 Å². The molecule has 1 unspecified atom stereocenters. The van der Waals surface area contributed by atoms with Crippen molar-refractivity contribution < 1.29 is 14.2 Å². The van der Waals surface area contributed by atoms with Crippen LogP contribution in [-0.4, -0.2) is 24.2 Å². The van der Waals surface area contributed by atoms with Crippen LogP contribution in [0.3, 0.4) is 0 Å². The summed E-state index contributed by atoms with van der Waals surface area (Å²) >= 11 is 0. The molecule has 0 saturated heterocycles. The van der Waals surface area contributed by atoms with Gasteiger partial charge in [0.15, 0.2) is 6.29 Å². The SMILES string of the molecule is CC(F)CCO[C@@H](O)C(C)C. The molecule has 0 bridgehead atoms. The van der Waals surface area contributed by atoms with E-state index >= 15 is 0 Å².